The molecule has 36 heavy (non-hydrogen) atoms. The largest absolute Gasteiger partial charge is 0.494 e. The summed E-state index contributed by atoms with van der Waals surface area (Å²) in [6, 6.07) is 16.0. The van der Waals surface area contributed by atoms with Crippen LogP contribution in [0.1, 0.15) is 40.3 Å². The minimum atomic E-state index is -0.784. The topological polar surface area (TPSA) is 75.7 Å². The second-order valence-electron chi connectivity index (χ2n) is 8.83. The van der Waals surface area contributed by atoms with E-state index in [0.29, 0.717) is 35.1 Å². The van der Waals surface area contributed by atoms with Crippen LogP contribution in [0.3, 0.4) is 0 Å². The summed E-state index contributed by atoms with van der Waals surface area (Å²) in [4.78, 5) is 39.4. The van der Waals surface area contributed by atoms with Crippen LogP contribution in [0.5, 0.6) is 5.75 Å². The summed E-state index contributed by atoms with van der Waals surface area (Å²) < 4.78 is 5.89. The van der Waals surface area contributed by atoms with Gasteiger partial charge in [0.25, 0.3) is 11.8 Å². The number of carbonyl (C=O) groups excluding carboxylic acids is 3. The van der Waals surface area contributed by atoms with Gasteiger partial charge in [0.2, 0.25) is 0 Å². The summed E-state index contributed by atoms with van der Waals surface area (Å²) >= 11 is 6.70. The van der Waals surface area contributed by atoms with Crippen LogP contribution in [0.25, 0.3) is 6.08 Å². The zero-order valence-corrected chi connectivity index (χ0v) is 21.4. The molecule has 4 rings (SSSR count). The number of para-hydroxylation sites is 1. The average Bonchev–Trinajstić information content (AvgIpc) is 2.79. The molecule has 7 heteroatoms. The van der Waals surface area contributed by atoms with Gasteiger partial charge in [-0.05, 0) is 68.7 Å². The van der Waals surface area contributed by atoms with E-state index in [2.05, 4.69) is 23.5 Å². The highest BCUT2D eigenvalue weighted by Crippen LogP contribution is 2.33. The summed E-state index contributed by atoms with van der Waals surface area (Å²) in [5.74, 6) is -0.888. The molecule has 1 heterocycles. The van der Waals surface area contributed by atoms with Gasteiger partial charge in [-0.15, -0.1) is 0 Å². The third kappa shape index (κ3) is 5.19. The number of imide groups is 2. The van der Waals surface area contributed by atoms with Crippen molar-refractivity contribution >= 4 is 41.2 Å². The Morgan fingerprint density at radius 2 is 1.67 bits per heavy atom. The number of urea groups is 1. The number of rotatable bonds is 6. The SMILES string of the molecule is CCOc1cc(/C=C2\C(=O)NC(=O)N(c3ccccc3C)C2=O)cc(Cl)c1Cc1cc(C)cc(C)c1. The van der Waals surface area contributed by atoms with Gasteiger partial charge in [-0.1, -0.05) is 59.1 Å². The number of carbonyl (C=O) groups is 3. The summed E-state index contributed by atoms with van der Waals surface area (Å²) in [5, 5.41) is 2.72. The van der Waals surface area contributed by atoms with E-state index >= 15 is 0 Å². The van der Waals surface area contributed by atoms with E-state index in [4.69, 9.17) is 16.3 Å². The maximum Gasteiger partial charge on any atom is 0.335 e. The lowest BCUT2D eigenvalue weighted by atomic mass is 9.98. The van der Waals surface area contributed by atoms with E-state index in [-0.39, 0.29) is 5.57 Å². The Balaban J connectivity index is 1.74. The monoisotopic (exact) mass is 502 g/mol. The van der Waals surface area contributed by atoms with Crippen LogP contribution < -0.4 is 15.0 Å². The normalized spacial score (nSPS) is 14.9. The molecular formula is C29H27ClN2O4. The van der Waals surface area contributed by atoms with Gasteiger partial charge in [-0.3, -0.25) is 14.9 Å². The first-order chi connectivity index (χ1) is 17.2. The van der Waals surface area contributed by atoms with Gasteiger partial charge >= 0.3 is 6.03 Å². The first-order valence-corrected chi connectivity index (χ1v) is 12.0. The Kier molecular flexibility index (Phi) is 7.27. The van der Waals surface area contributed by atoms with E-state index in [0.717, 1.165) is 32.7 Å². The van der Waals surface area contributed by atoms with Crippen LogP contribution in [0.2, 0.25) is 5.02 Å². The van der Waals surface area contributed by atoms with Gasteiger partial charge in [0.1, 0.15) is 11.3 Å². The van der Waals surface area contributed by atoms with Crippen molar-refractivity contribution in [3.05, 3.63) is 98.6 Å². The molecule has 6 nitrogen and oxygen atoms in total. The summed E-state index contributed by atoms with van der Waals surface area (Å²) in [6.07, 6.45) is 2.01. The molecule has 184 valence electrons. The number of benzene rings is 3. The molecule has 0 aromatic heterocycles. The van der Waals surface area contributed by atoms with Crippen molar-refractivity contribution in [3.8, 4) is 5.75 Å². The second-order valence-corrected chi connectivity index (χ2v) is 9.24. The molecule has 0 bridgehead atoms. The lowest BCUT2D eigenvalue weighted by Gasteiger charge is -2.27. The molecule has 0 atom stereocenters. The molecular weight excluding hydrogens is 476 g/mol. The van der Waals surface area contributed by atoms with Gasteiger partial charge in [0.05, 0.1) is 12.3 Å². The van der Waals surface area contributed by atoms with Crippen LogP contribution in [0.4, 0.5) is 10.5 Å². The number of amides is 4. The number of nitrogens with one attached hydrogen (secondary N) is 1. The standard InChI is InChI=1S/C29H27ClN2O4/c1-5-36-26-16-21(15-24(30)22(26)13-20-11-17(2)10-18(3)12-20)14-23-27(33)31-29(35)32(28(23)34)25-9-7-6-8-19(25)4/h6-12,14-16H,5,13H2,1-4H3,(H,31,33,35)/b23-14+. The van der Waals surface area contributed by atoms with Crippen LogP contribution in [-0.4, -0.2) is 24.5 Å². The number of hydrogen-bond acceptors (Lipinski definition) is 4. The van der Waals surface area contributed by atoms with Crippen LogP contribution in [-0.2, 0) is 16.0 Å². The lowest BCUT2D eigenvalue weighted by molar-refractivity contribution is -0.122. The van der Waals surface area contributed by atoms with Gasteiger partial charge in [0, 0.05) is 17.0 Å². The van der Waals surface area contributed by atoms with Gasteiger partial charge in [-0.2, -0.15) is 0 Å². The van der Waals surface area contributed by atoms with Crippen molar-refractivity contribution in [3.63, 3.8) is 0 Å². The summed E-state index contributed by atoms with van der Waals surface area (Å²) in [6.45, 7) is 8.19. The molecule has 0 unspecified atom stereocenters. The third-order valence-electron chi connectivity index (χ3n) is 5.91. The molecule has 4 amide bonds. The Hall–Kier alpha value is -3.90. The maximum atomic E-state index is 13.3. The Morgan fingerprint density at radius 1 is 0.972 bits per heavy atom. The quantitative estimate of drug-likeness (QED) is 0.335. The molecule has 3 aromatic rings. The molecule has 0 aliphatic carbocycles. The van der Waals surface area contributed by atoms with Crippen molar-refractivity contribution in [2.24, 2.45) is 0 Å². The Morgan fingerprint density at radius 3 is 2.33 bits per heavy atom. The van der Waals surface area contributed by atoms with Crippen molar-refractivity contribution < 1.29 is 19.1 Å². The second kappa shape index (κ2) is 10.4. The number of aryl methyl sites for hydroxylation is 3. The highest BCUT2D eigenvalue weighted by atomic mass is 35.5. The number of halogens is 1. The van der Waals surface area contributed by atoms with Crippen LogP contribution in [0.15, 0.2) is 60.2 Å². The lowest BCUT2D eigenvalue weighted by Crippen LogP contribution is -2.54. The fraction of sp³-hybridized carbons (Fsp3) is 0.207. The molecule has 1 N–H and O–H groups in total. The first kappa shape index (κ1) is 25.2. The summed E-state index contributed by atoms with van der Waals surface area (Å²) in [5.41, 5.74) is 5.74. The van der Waals surface area contributed by atoms with Crippen molar-refractivity contribution in [1.29, 1.82) is 0 Å². The predicted octanol–water partition coefficient (Wildman–Crippen LogP) is 5.92. The first-order valence-electron chi connectivity index (χ1n) is 11.7. The van der Waals surface area contributed by atoms with E-state index in [9.17, 15) is 14.4 Å². The number of hydrogen-bond donors (Lipinski definition) is 1. The number of nitrogens with zero attached hydrogens (tertiary/aromatic N) is 1. The van der Waals surface area contributed by atoms with Gasteiger partial charge < -0.3 is 4.74 Å². The van der Waals surface area contributed by atoms with Crippen molar-refractivity contribution in [2.75, 3.05) is 11.5 Å². The van der Waals surface area contributed by atoms with E-state index in [1.165, 1.54) is 6.08 Å². The molecule has 0 saturated carbocycles. The van der Waals surface area contributed by atoms with E-state index < -0.39 is 17.8 Å². The fourth-order valence-corrected chi connectivity index (χ4v) is 4.69. The van der Waals surface area contributed by atoms with Crippen LogP contribution >= 0.6 is 11.6 Å². The van der Waals surface area contributed by atoms with E-state index in [1.807, 2.05) is 26.8 Å². The van der Waals surface area contributed by atoms with Gasteiger partial charge in [0.15, 0.2) is 0 Å². The smallest absolute Gasteiger partial charge is 0.335 e. The zero-order chi connectivity index (χ0) is 26.0. The highest BCUT2D eigenvalue weighted by Gasteiger charge is 2.37. The maximum absolute atomic E-state index is 13.3. The molecule has 1 fully saturated rings. The van der Waals surface area contributed by atoms with Gasteiger partial charge in [-0.25, -0.2) is 9.69 Å². The minimum absolute atomic E-state index is 0.168. The number of ether oxygens (including phenoxy) is 1. The van der Waals surface area contributed by atoms with Crippen molar-refractivity contribution in [2.45, 2.75) is 34.1 Å². The Bertz CT molecular complexity index is 1390. The Labute approximate surface area is 215 Å². The van der Waals surface area contributed by atoms with Crippen LogP contribution in [0, 0.1) is 20.8 Å². The predicted molar refractivity (Wildman–Crippen MR) is 142 cm³/mol. The summed E-state index contributed by atoms with van der Waals surface area (Å²) in [7, 11) is 0. The molecule has 0 radical (unpaired) electrons. The molecule has 3 aromatic carbocycles. The fourth-order valence-electron chi connectivity index (χ4n) is 4.40. The average molecular weight is 503 g/mol. The van der Waals surface area contributed by atoms with E-state index in [1.54, 1.807) is 37.3 Å². The molecule has 1 aliphatic heterocycles. The number of barbiturate groups is 1. The highest BCUT2D eigenvalue weighted by molar-refractivity contribution is 6.39. The molecule has 0 spiro atoms. The third-order valence-corrected chi connectivity index (χ3v) is 6.25. The minimum Gasteiger partial charge on any atom is -0.494 e. The molecule has 1 saturated heterocycles. The molecule has 1 aliphatic rings. The van der Waals surface area contributed by atoms with Crippen molar-refractivity contribution in [1.82, 2.24) is 5.32 Å². The zero-order valence-electron chi connectivity index (χ0n) is 20.6. The number of anilines is 1.